The fourth-order valence-electron chi connectivity index (χ4n) is 3.73. The van der Waals surface area contributed by atoms with Crippen molar-refractivity contribution in [2.75, 3.05) is 12.0 Å². The Kier molecular flexibility index (Phi) is 7.36. The minimum Gasteiger partial charge on any atom is -0.493 e. The third kappa shape index (κ3) is 4.94. The molecule has 4 rings (SSSR count). The molecule has 1 heterocycles. The number of imide groups is 2. The number of nitrogens with zero attached hydrogens (tertiary/aromatic N) is 2. The van der Waals surface area contributed by atoms with E-state index < -0.39 is 17.8 Å². The Morgan fingerprint density at radius 3 is 2.53 bits per heavy atom. The van der Waals surface area contributed by atoms with Crippen LogP contribution in [0, 0.1) is 21.8 Å². The maximum atomic E-state index is 13.2. The molecule has 0 atom stereocenters. The highest BCUT2D eigenvalue weighted by molar-refractivity contribution is 14.1. The van der Waals surface area contributed by atoms with Gasteiger partial charge in [0.25, 0.3) is 11.8 Å². The third-order valence-electron chi connectivity index (χ3n) is 5.53. The van der Waals surface area contributed by atoms with Crippen molar-refractivity contribution >= 4 is 52.2 Å². The summed E-state index contributed by atoms with van der Waals surface area (Å²) in [6.07, 6.45) is 1.41. The van der Waals surface area contributed by atoms with Crippen LogP contribution in [0.2, 0.25) is 0 Å². The zero-order chi connectivity index (χ0) is 25.8. The highest BCUT2D eigenvalue weighted by atomic mass is 127. The molecule has 4 amide bonds. The molecule has 0 radical (unpaired) electrons. The van der Waals surface area contributed by atoms with Gasteiger partial charge in [-0.05, 0) is 71.0 Å². The lowest BCUT2D eigenvalue weighted by Gasteiger charge is -2.27. The summed E-state index contributed by atoms with van der Waals surface area (Å²) in [5.41, 5.74) is 2.68. The zero-order valence-electron chi connectivity index (χ0n) is 19.4. The van der Waals surface area contributed by atoms with E-state index in [1.807, 2.05) is 12.1 Å². The van der Waals surface area contributed by atoms with Crippen LogP contribution in [0.15, 0.2) is 66.2 Å². The lowest BCUT2D eigenvalue weighted by molar-refractivity contribution is -0.122. The maximum absolute atomic E-state index is 13.2. The first-order chi connectivity index (χ1) is 17.3. The molecule has 0 bridgehead atoms. The Morgan fingerprint density at radius 2 is 1.81 bits per heavy atom. The minimum atomic E-state index is -0.801. The number of hydrogen-bond acceptors (Lipinski definition) is 6. The summed E-state index contributed by atoms with van der Waals surface area (Å²) >= 11 is 2.07. The van der Waals surface area contributed by atoms with Crippen LogP contribution in [0.5, 0.6) is 11.5 Å². The summed E-state index contributed by atoms with van der Waals surface area (Å²) in [5.74, 6) is -0.652. The first kappa shape index (κ1) is 24.9. The Hall–Kier alpha value is -4.17. The zero-order valence-corrected chi connectivity index (χ0v) is 21.5. The maximum Gasteiger partial charge on any atom is 0.335 e. The summed E-state index contributed by atoms with van der Waals surface area (Å²) in [7, 11) is 1.48. The average molecular weight is 593 g/mol. The molecular formula is C27H20IN3O5. The molecule has 9 heteroatoms. The number of ether oxygens (including phenoxy) is 2. The molecule has 1 N–H and O–H groups in total. The first-order valence-electron chi connectivity index (χ1n) is 10.8. The van der Waals surface area contributed by atoms with E-state index in [1.54, 1.807) is 55.5 Å². The van der Waals surface area contributed by atoms with Gasteiger partial charge in [0.05, 0.1) is 28.0 Å². The largest absolute Gasteiger partial charge is 0.493 e. The van der Waals surface area contributed by atoms with E-state index in [1.165, 1.54) is 13.2 Å². The van der Waals surface area contributed by atoms with Crippen molar-refractivity contribution in [2.24, 2.45) is 0 Å². The van der Waals surface area contributed by atoms with E-state index in [2.05, 4.69) is 34.0 Å². The van der Waals surface area contributed by atoms with Crippen molar-refractivity contribution in [1.82, 2.24) is 5.32 Å². The van der Waals surface area contributed by atoms with Crippen molar-refractivity contribution in [3.05, 3.63) is 92.1 Å². The van der Waals surface area contributed by atoms with Crippen molar-refractivity contribution in [3.63, 3.8) is 0 Å². The fraction of sp³-hybridized carbons (Fsp3) is 0.111. The van der Waals surface area contributed by atoms with E-state index in [4.69, 9.17) is 9.47 Å². The van der Waals surface area contributed by atoms with Gasteiger partial charge in [-0.15, -0.1) is 0 Å². The lowest BCUT2D eigenvalue weighted by Crippen LogP contribution is -2.54. The first-order valence-corrected chi connectivity index (χ1v) is 11.9. The standard InChI is InChI=1S/C27H20IN3O5/c1-16-7-3-6-10-22(16)31-26(33)20(25(32)30-27(31)34)11-17-12-21(28)24(23(13-17)35-2)36-15-19-9-5-4-8-18(19)14-29/h3-13H,15H2,1-2H3,(H,30,32,34)/b20-11+. The monoisotopic (exact) mass is 593 g/mol. The van der Waals surface area contributed by atoms with Crippen LogP contribution < -0.4 is 19.7 Å². The SMILES string of the molecule is COc1cc(/C=C2\C(=O)NC(=O)N(c3ccccc3C)C2=O)cc(I)c1OCc1ccccc1C#N. The van der Waals surface area contributed by atoms with Crippen LogP contribution in [0.1, 0.15) is 22.3 Å². The summed E-state index contributed by atoms with van der Waals surface area (Å²) in [6.45, 7) is 1.93. The van der Waals surface area contributed by atoms with E-state index >= 15 is 0 Å². The Labute approximate surface area is 221 Å². The molecule has 1 fully saturated rings. The van der Waals surface area contributed by atoms with Gasteiger partial charge in [-0.1, -0.05) is 36.4 Å². The Bertz CT molecular complexity index is 1460. The third-order valence-corrected chi connectivity index (χ3v) is 6.33. The van der Waals surface area contributed by atoms with Gasteiger partial charge in [0, 0.05) is 5.56 Å². The molecule has 1 saturated heterocycles. The number of rotatable bonds is 6. The molecule has 0 aliphatic carbocycles. The lowest BCUT2D eigenvalue weighted by atomic mass is 10.1. The molecule has 3 aromatic carbocycles. The molecule has 1 aliphatic rings. The number of amides is 4. The average Bonchev–Trinajstić information content (AvgIpc) is 2.86. The number of anilines is 1. The van der Waals surface area contributed by atoms with Crippen LogP contribution in [0.25, 0.3) is 6.08 Å². The van der Waals surface area contributed by atoms with Gasteiger partial charge in [0.15, 0.2) is 11.5 Å². The summed E-state index contributed by atoms with van der Waals surface area (Å²) in [5, 5.41) is 11.5. The molecule has 36 heavy (non-hydrogen) atoms. The molecule has 180 valence electrons. The van der Waals surface area contributed by atoms with Crippen molar-refractivity contribution in [3.8, 4) is 17.6 Å². The molecule has 0 aromatic heterocycles. The molecule has 0 saturated carbocycles. The fourth-order valence-corrected chi connectivity index (χ4v) is 4.51. The van der Waals surface area contributed by atoms with Crippen LogP contribution in [0.4, 0.5) is 10.5 Å². The summed E-state index contributed by atoms with van der Waals surface area (Å²) in [6, 6.07) is 18.8. The highest BCUT2D eigenvalue weighted by Gasteiger charge is 2.37. The van der Waals surface area contributed by atoms with Gasteiger partial charge in [0.1, 0.15) is 12.2 Å². The molecule has 3 aromatic rings. The predicted molar refractivity (Wildman–Crippen MR) is 141 cm³/mol. The number of urea groups is 1. The second-order valence-electron chi connectivity index (χ2n) is 7.84. The number of nitriles is 1. The molecule has 0 spiro atoms. The number of carbonyl (C=O) groups is 3. The van der Waals surface area contributed by atoms with Crippen LogP contribution in [-0.4, -0.2) is 25.0 Å². The summed E-state index contributed by atoms with van der Waals surface area (Å²) in [4.78, 5) is 39.2. The van der Waals surface area contributed by atoms with Gasteiger partial charge in [-0.25, -0.2) is 9.69 Å². The van der Waals surface area contributed by atoms with E-state index in [-0.39, 0.29) is 12.2 Å². The van der Waals surface area contributed by atoms with Crippen LogP contribution in [-0.2, 0) is 16.2 Å². The minimum absolute atomic E-state index is 0.158. The predicted octanol–water partition coefficient (Wildman–Crippen LogP) is 4.73. The Morgan fingerprint density at radius 1 is 1.08 bits per heavy atom. The normalized spacial score (nSPS) is 14.4. The highest BCUT2D eigenvalue weighted by Crippen LogP contribution is 2.36. The van der Waals surface area contributed by atoms with E-state index in [9.17, 15) is 19.6 Å². The van der Waals surface area contributed by atoms with Crippen molar-refractivity contribution in [2.45, 2.75) is 13.5 Å². The smallest absolute Gasteiger partial charge is 0.335 e. The second kappa shape index (κ2) is 10.6. The topological polar surface area (TPSA) is 109 Å². The number of aryl methyl sites for hydroxylation is 1. The number of halogens is 1. The van der Waals surface area contributed by atoms with Crippen molar-refractivity contribution < 1.29 is 23.9 Å². The number of para-hydroxylation sites is 1. The Balaban J connectivity index is 1.66. The number of nitrogens with one attached hydrogen (secondary N) is 1. The quantitative estimate of drug-likeness (QED) is 0.252. The number of barbiturate groups is 1. The van der Waals surface area contributed by atoms with Crippen LogP contribution in [0.3, 0.4) is 0 Å². The van der Waals surface area contributed by atoms with Gasteiger partial charge in [-0.3, -0.25) is 14.9 Å². The summed E-state index contributed by atoms with van der Waals surface area (Å²) < 4.78 is 12.1. The van der Waals surface area contributed by atoms with Crippen LogP contribution >= 0.6 is 22.6 Å². The van der Waals surface area contributed by atoms with Gasteiger partial charge < -0.3 is 9.47 Å². The number of methoxy groups -OCH3 is 1. The number of benzene rings is 3. The molecular weight excluding hydrogens is 573 g/mol. The van der Waals surface area contributed by atoms with Crippen molar-refractivity contribution in [1.29, 1.82) is 5.26 Å². The number of hydrogen-bond donors (Lipinski definition) is 1. The molecule has 1 aliphatic heterocycles. The number of carbonyl (C=O) groups excluding carboxylic acids is 3. The van der Waals surface area contributed by atoms with Gasteiger partial charge in [-0.2, -0.15) is 5.26 Å². The van der Waals surface area contributed by atoms with Gasteiger partial charge in [0.2, 0.25) is 0 Å². The van der Waals surface area contributed by atoms with E-state index in [0.29, 0.717) is 37.4 Å². The molecule has 8 nitrogen and oxygen atoms in total. The molecule has 0 unspecified atom stereocenters. The second-order valence-corrected chi connectivity index (χ2v) is 9.00. The van der Waals surface area contributed by atoms with E-state index in [0.717, 1.165) is 10.5 Å². The van der Waals surface area contributed by atoms with Gasteiger partial charge >= 0.3 is 6.03 Å².